The normalized spacial score (nSPS) is 32.0. The topological polar surface area (TPSA) is 35.8 Å². The lowest BCUT2D eigenvalue weighted by Crippen LogP contribution is -2.27. The van der Waals surface area contributed by atoms with Crippen molar-refractivity contribution >= 4 is 0 Å². The third-order valence-corrected chi connectivity index (χ3v) is 3.10. The van der Waals surface area contributed by atoms with Gasteiger partial charge in [0.05, 0.1) is 6.07 Å². The van der Waals surface area contributed by atoms with Gasteiger partial charge in [-0.05, 0) is 30.5 Å². The Kier molecular flexibility index (Phi) is 2.10. The first kappa shape index (κ1) is 8.37. The molecule has 1 aliphatic heterocycles. The van der Waals surface area contributed by atoms with E-state index in [1.54, 1.807) is 0 Å². The van der Waals surface area contributed by atoms with E-state index in [0.29, 0.717) is 11.8 Å². The second-order valence-corrected chi connectivity index (χ2v) is 3.81. The summed E-state index contributed by atoms with van der Waals surface area (Å²) in [5, 5.41) is 12.1. The zero-order chi connectivity index (χ0) is 9.26. The highest BCUT2D eigenvalue weighted by molar-refractivity contribution is 5.36. The van der Waals surface area contributed by atoms with Crippen molar-refractivity contribution in [3.05, 3.63) is 23.4 Å². The van der Waals surface area contributed by atoms with Crippen molar-refractivity contribution in [2.75, 3.05) is 6.54 Å². The summed E-state index contributed by atoms with van der Waals surface area (Å²) in [5.41, 5.74) is 2.36. The van der Waals surface area contributed by atoms with E-state index in [9.17, 15) is 0 Å². The van der Waals surface area contributed by atoms with Crippen LogP contribution in [0.2, 0.25) is 0 Å². The highest BCUT2D eigenvalue weighted by Gasteiger charge is 2.27. The Morgan fingerprint density at radius 3 is 3.23 bits per heavy atom. The number of allylic oxidation sites excluding steroid dienone is 3. The van der Waals surface area contributed by atoms with Gasteiger partial charge < -0.3 is 5.32 Å². The van der Waals surface area contributed by atoms with E-state index < -0.39 is 0 Å². The third kappa shape index (κ3) is 1.35. The van der Waals surface area contributed by atoms with Gasteiger partial charge in [-0.15, -0.1) is 0 Å². The number of hydrogen-bond donors (Lipinski definition) is 1. The molecule has 0 spiro atoms. The Morgan fingerprint density at radius 1 is 1.62 bits per heavy atom. The number of rotatable bonds is 0. The lowest BCUT2D eigenvalue weighted by molar-refractivity contribution is 0.463. The predicted octanol–water partition coefficient (Wildman–Crippen LogP) is 1.97. The molecule has 2 aliphatic rings. The molecule has 68 valence electrons. The van der Waals surface area contributed by atoms with Gasteiger partial charge in [0.15, 0.2) is 0 Å². The molecule has 0 amide bonds. The zero-order valence-corrected chi connectivity index (χ0v) is 7.88. The molecular weight excluding hydrogens is 160 g/mol. The number of hydrogen-bond acceptors (Lipinski definition) is 2. The molecule has 0 saturated heterocycles. The first-order valence-corrected chi connectivity index (χ1v) is 4.86. The van der Waals surface area contributed by atoms with Gasteiger partial charge >= 0.3 is 0 Å². The summed E-state index contributed by atoms with van der Waals surface area (Å²) in [6, 6.07) is 2.28. The Balaban J connectivity index is 2.29. The average molecular weight is 174 g/mol. The van der Waals surface area contributed by atoms with E-state index in [1.165, 1.54) is 12.0 Å². The molecule has 2 atom stereocenters. The maximum atomic E-state index is 8.89. The summed E-state index contributed by atoms with van der Waals surface area (Å²) < 4.78 is 0. The minimum Gasteiger partial charge on any atom is -0.391 e. The van der Waals surface area contributed by atoms with E-state index in [2.05, 4.69) is 30.6 Å². The van der Waals surface area contributed by atoms with Crippen LogP contribution in [0, 0.1) is 23.2 Å². The first-order chi connectivity index (χ1) is 6.33. The number of nitriles is 1. The molecule has 2 heteroatoms. The second-order valence-electron chi connectivity index (χ2n) is 3.81. The highest BCUT2D eigenvalue weighted by Crippen LogP contribution is 2.36. The van der Waals surface area contributed by atoms with Crippen LogP contribution < -0.4 is 5.32 Å². The largest absolute Gasteiger partial charge is 0.391 e. The molecule has 1 heterocycles. The van der Waals surface area contributed by atoms with Crippen LogP contribution in [0.1, 0.15) is 19.8 Å². The van der Waals surface area contributed by atoms with Crippen LogP contribution in [-0.2, 0) is 0 Å². The maximum Gasteiger partial charge on any atom is 0.0950 e. The molecule has 0 saturated carbocycles. The van der Waals surface area contributed by atoms with Gasteiger partial charge in [0.25, 0.3) is 0 Å². The Bertz CT molecular complexity index is 307. The summed E-state index contributed by atoms with van der Waals surface area (Å²) in [6.07, 6.45) is 6.49. The van der Waals surface area contributed by atoms with Gasteiger partial charge in [0.2, 0.25) is 0 Å². The van der Waals surface area contributed by atoms with Crippen molar-refractivity contribution in [1.29, 1.82) is 5.26 Å². The predicted molar refractivity (Wildman–Crippen MR) is 51.7 cm³/mol. The van der Waals surface area contributed by atoms with Crippen molar-refractivity contribution < 1.29 is 0 Å². The Hall–Kier alpha value is -1.23. The molecule has 0 fully saturated rings. The molecule has 2 rings (SSSR count). The van der Waals surface area contributed by atoms with Gasteiger partial charge in [-0.1, -0.05) is 13.0 Å². The van der Waals surface area contributed by atoms with Crippen LogP contribution in [0.3, 0.4) is 0 Å². The Labute approximate surface area is 78.9 Å². The van der Waals surface area contributed by atoms with Crippen molar-refractivity contribution in [3.63, 3.8) is 0 Å². The number of fused-ring (bicyclic) bond motifs is 1. The van der Waals surface area contributed by atoms with Gasteiger partial charge in [0, 0.05) is 18.0 Å². The molecule has 1 N–H and O–H groups in total. The number of nitrogens with zero attached hydrogens (tertiary/aromatic N) is 1. The Morgan fingerprint density at radius 2 is 2.46 bits per heavy atom. The summed E-state index contributed by atoms with van der Waals surface area (Å²) >= 11 is 0. The average Bonchev–Trinajstić information content (AvgIpc) is 2.19. The lowest BCUT2D eigenvalue weighted by Gasteiger charge is -2.31. The fourth-order valence-corrected chi connectivity index (χ4v) is 2.23. The van der Waals surface area contributed by atoms with Crippen LogP contribution in [-0.4, -0.2) is 6.54 Å². The van der Waals surface area contributed by atoms with Crippen molar-refractivity contribution in [3.8, 4) is 6.07 Å². The molecule has 2 nitrogen and oxygen atoms in total. The molecular formula is C11H14N2. The van der Waals surface area contributed by atoms with E-state index in [1.807, 2.05) is 0 Å². The molecule has 0 bridgehead atoms. The molecule has 0 aromatic carbocycles. The second kappa shape index (κ2) is 3.26. The monoisotopic (exact) mass is 174 g/mol. The highest BCUT2D eigenvalue weighted by atomic mass is 14.8. The lowest BCUT2D eigenvalue weighted by atomic mass is 9.76. The fraction of sp³-hybridized carbons (Fsp3) is 0.545. The maximum absolute atomic E-state index is 8.89. The molecule has 13 heavy (non-hydrogen) atoms. The van der Waals surface area contributed by atoms with Gasteiger partial charge in [-0.3, -0.25) is 0 Å². The summed E-state index contributed by atoms with van der Waals surface area (Å²) in [4.78, 5) is 0. The fourth-order valence-electron chi connectivity index (χ4n) is 2.23. The first-order valence-electron chi connectivity index (χ1n) is 4.86. The summed E-state index contributed by atoms with van der Waals surface area (Å²) in [7, 11) is 0. The van der Waals surface area contributed by atoms with Crippen molar-refractivity contribution in [2.24, 2.45) is 11.8 Å². The van der Waals surface area contributed by atoms with Crippen LogP contribution in [0.15, 0.2) is 23.4 Å². The van der Waals surface area contributed by atoms with E-state index in [-0.39, 0.29) is 0 Å². The minimum absolute atomic E-state index is 0.330. The van der Waals surface area contributed by atoms with Crippen LogP contribution in [0.5, 0.6) is 0 Å². The molecule has 0 aromatic heterocycles. The molecule has 0 radical (unpaired) electrons. The van der Waals surface area contributed by atoms with Gasteiger partial charge in [0.1, 0.15) is 0 Å². The summed E-state index contributed by atoms with van der Waals surface area (Å²) in [5.74, 6) is 1.02. The minimum atomic E-state index is 0.330. The third-order valence-electron chi connectivity index (χ3n) is 3.10. The molecule has 0 aromatic rings. The molecule has 1 aliphatic carbocycles. The smallest absolute Gasteiger partial charge is 0.0950 e. The van der Waals surface area contributed by atoms with E-state index in [4.69, 9.17) is 5.26 Å². The quantitative estimate of drug-likeness (QED) is 0.609. The van der Waals surface area contributed by atoms with Gasteiger partial charge in [-0.25, -0.2) is 0 Å². The number of nitrogens with one attached hydrogen (secondary N) is 1. The molecule has 1 unspecified atom stereocenters. The van der Waals surface area contributed by atoms with E-state index >= 15 is 0 Å². The van der Waals surface area contributed by atoms with E-state index in [0.717, 1.165) is 18.5 Å². The van der Waals surface area contributed by atoms with Crippen molar-refractivity contribution in [1.82, 2.24) is 5.32 Å². The van der Waals surface area contributed by atoms with Crippen LogP contribution in [0.25, 0.3) is 0 Å². The standard InChI is InChI=1S/C11H14N2/c1-8-10(6-12)3-2-9-4-5-13-7-11(8)9/h3,7-9,13H,2,4-5H2,1H3/t8?,9-/m1/s1. The SMILES string of the molecule is CC1C(C#N)=CC[C@@H]2CCNC=C12. The summed E-state index contributed by atoms with van der Waals surface area (Å²) in [6.45, 7) is 3.21. The van der Waals surface area contributed by atoms with Gasteiger partial charge in [-0.2, -0.15) is 5.26 Å². The zero-order valence-electron chi connectivity index (χ0n) is 7.88. The van der Waals surface area contributed by atoms with Crippen molar-refractivity contribution in [2.45, 2.75) is 19.8 Å². The van der Waals surface area contributed by atoms with Crippen LogP contribution >= 0.6 is 0 Å². The van der Waals surface area contributed by atoms with Crippen LogP contribution in [0.4, 0.5) is 0 Å².